The van der Waals surface area contributed by atoms with Crippen molar-refractivity contribution in [2.24, 2.45) is 126 Å². The van der Waals surface area contributed by atoms with E-state index in [-0.39, 0.29) is 174 Å². The number of hydrogen-bond donors (Lipinski definition) is 0. The first-order valence-electron chi connectivity index (χ1n) is 45.6. The average molecular weight is 1600 g/mol. The molecule has 0 aromatic carbocycles. The van der Waals surface area contributed by atoms with Crippen molar-refractivity contribution < 1.29 is 85.6 Å². The van der Waals surface area contributed by atoms with E-state index >= 15 is 0 Å². The van der Waals surface area contributed by atoms with Crippen molar-refractivity contribution in [3.63, 3.8) is 0 Å². The van der Waals surface area contributed by atoms with Crippen molar-refractivity contribution in [3.8, 4) is 0 Å². The van der Waals surface area contributed by atoms with E-state index in [1.54, 1.807) is 0 Å². The summed E-state index contributed by atoms with van der Waals surface area (Å²) in [5.74, 6) is 5.12. The molecule has 656 valence electrons. The summed E-state index contributed by atoms with van der Waals surface area (Å²) < 4.78 is 66.7. The van der Waals surface area contributed by atoms with Crippen molar-refractivity contribution in [2.75, 3.05) is 47.2 Å². The van der Waals surface area contributed by atoms with Crippen LogP contribution in [0, 0.1) is 126 Å². The minimum atomic E-state index is -0.297. The summed E-state index contributed by atoms with van der Waals surface area (Å²) in [6.45, 7) is 57.0. The number of esters is 6. The lowest BCUT2D eigenvalue weighted by Gasteiger charge is -2.60. The lowest BCUT2D eigenvalue weighted by Crippen LogP contribution is -2.53. The zero-order chi connectivity index (χ0) is 84.3. The van der Waals surface area contributed by atoms with Gasteiger partial charge in [-0.3, -0.25) is 28.8 Å². The molecule has 12 rings (SSSR count). The van der Waals surface area contributed by atoms with Crippen molar-refractivity contribution in [1.29, 1.82) is 0 Å². The maximum atomic E-state index is 12.0. The first kappa shape index (κ1) is 98.4. The second-order valence-corrected chi connectivity index (χ2v) is 42.2. The van der Waals surface area contributed by atoms with Crippen LogP contribution < -0.4 is 0 Å². The van der Waals surface area contributed by atoms with Gasteiger partial charge in [0.15, 0.2) is 34.0 Å². The second-order valence-electron chi connectivity index (χ2n) is 42.2. The first-order valence-corrected chi connectivity index (χ1v) is 45.6. The van der Waals surface area contributed by atoms with Gasteiger partial charge in [-0.25, -0.2) is 0 Å². The lowest BCUT2D eigenvalue weighted by atomic mass is 9.46. The van der Waals surface area contributed by atoms with Crippen LogP contribution in [0.1, 0.15) is 366 Å². The third-order valence-corrected chi connectivity index (χ3v) is 30.8. The predicted molar refractivity (Wildman–Crippen MR) is 445 cm³/mol. The van der Waals surface area contributed by atoms with E-state index < -0.39 is 0 Å². The molecule has 8 bridgehead atoms. The van der Waals surface area contributed by atoms with Gasteiger partial charge in [0.05, 0.1) is 73.1 Å². The molecule has 14 unspecified atom stereocenters. The Morgan fingerprint density at radius 1 is 0.363 bits per heavy atom. The third-order valence-electron chi connectivity index (χ3n) is 30.8. The molecule has 18 nitrogen and oxygen atoms in total. The Hall–Kier alpha value is -3.42. The topological polar surface area (TPSA) is 213 Å². The Bertz CT molecular complexity index is 2840. The molecule has 0 N–H and O–H groups in total. The summed E-state index contributed by atoms with van der Waals surface area (Å²) in [6.07, 6.45) is 34.7. The standard InChI is InChI=1S/C18H30O3.C16H28O3.C16H30O3.2C15H26O3.C15H28O3/c1-4-12(2)17(19)21-11-20-10-18(3)15-6-13-5-14(8-15)9-16(18)7-13;1-6-11(2)13(17)18-10-19-14-15(3,4)12-7-8-16(14,5)9-12;1-7-12(2)13(17)18-11-19-14-15(3,4)9-8-10-16(14,5)6;1-4-11(2)14(16)18-10-17-9-15(3)8-12-5-6-13(15)7-12;1-4-11(2)13(16)18-14-15(10-12(3)17-14)8-6-5-7-9-15;1-7-11(2)12(16)17-10-18-13-14(3,4)8-9-15(13,5)6/h12-16H,4-11H2,1-3H3;11-12,14H,6-10H2,1-5H3;12,14H,7-11H2,1-6H3;11-13H,4-10H2,1-3H3;11-12,14H,4-10H2,1-3H3;11,13H,7-10H2,1-6H3. The molecule has 12 fully saturated rings. The highest BCUT2D eigenvalue weighted by atomic mass is 16.7. The second kappa shape index (κ2) is 43.2. The van der Waals surface area contributed by atoms with E-state index in [9.17, 15) is 28.8 Å². The van der Waals surface area contributed by atoms with Gasteiger partial charge in [-0.05, 0) is 246 Å². The molecule has 113 heavy (non-hydrogen) atoms. The van der Waals surface area contributed by atoms with Crippen LogP contribution >= 0.6 is 0 Å². The molecule has 1 aliphatic heterocycles. The molecule has 12 aliphatic rings. The quantitative estimate of drug-likeness (QED) is 0.0283. The van der Waals surface area contributed by atoms with E-state index in [0.717, 1.165) is 125 Å². The van der Waals surface area contributed by atoms with Crippen LogP contribution in [-0.4, -0.2) is 114 Å². The molecule has 11 saturated carbocycles. The number of fused-ring (bicyclic) bond motifs is 4. The van der Waals surface area contributed by atoms with Crippen LogP contribution in [0.2, 0.25) is 0 Å². The maximum Gasteiger partial charge on any atom is 0.310 e. The van der Waals surface area contributed by atoms with Crippen LogP contribution in [0.3, 0.4) is 0 Å². The molecular weight excluding hydrogens is 1430 g/mol. The van der Waals surface area contributed by atoms with Gasteiger partial charge in [-0.15, -0.1) is 0 Å². The lowest BCUT2D eigenvalue weighted by molar-refractivity contribution is -0.199. The van der Waals surface area contributed by atoms with E-state index in [1.165, 1.54) is 116 Å². The summed E-state index contributed by atoms with van der Waals surface area (Å²) in [5, 5.41) is 0. The summed E-state index contributed by atoms with van der Waals surface area (Å²) in [7, 11) is 0. The first-order chi connectivity index (χ1) is 52.9. The Labute approximate surface area is 687 Å². The molecule has 18 heteroatoms. The Morgan fingerprint density at radius 2 is 0.743 bits per heavy atom. The van der Waals surface area contributed by atoms with Gasteiger partial charge in [0.25, 0.3) is 0 Å². The number of rotatable bonds is 30. The number of hydrogen-bond acceptors (Lipinski definition) is 18. The molecule has 1 spiro atoms. The number of ether oxygens (including phenoxy) is 12. The molecule has 0 amide bonds. The fourth-order valence-corrected chi connectivity index (χ4v) is 22.3. The fraction of sp³-hybridized carbons (Fsp3) is 0.937. The Morgan fingerprint density at radius 3 is 1.12 bits per heavy atom. The molecule has 1 heterocycles. The van der Waals surface area contributed by atoms with Gasteiger partial charge in [0.1, 0.15) is 0 Å². The SMILES string of the molecule is CCC(C)C(=O)OC1OC(C)CC12CCCCC2.CCC(C)C(=O)OCOC1C(C)(C)CCC1(C)C.CCC(C)C(=O)OCOC1C(C)(C)CCCC1(C)C.CCC(C)C(=O)OCOC1C2(C)CCC(C2)C1(C)C.CCC(C)C(=O)OCOCC1(C)C2CC3CC(C2)CC1C3.CCC(C)C(=O)OCOCC1(C)CC2CCC1C2. The van der Waals surface area contributed by atoms with Gasteiger partial charge in [-0.1, -0.05) is 205 Å². The monoisotopic (exact) mass is 1600 g/mol. The van der Waals surface area contributed by atoms with E-state index in [4.69, 9.17) is 56.8 Å². The zero-order valence-corrected chi connectivity index (χ0v) is 76.7. The highest BCUT2D eigenvalue weighted by Gasteiger charge is 2.61. The highest BCUT2D eigenvalue weighted by Crippen LogP contribution is 2.65. The van der Waals surface area contributed by atoms with E-state index in [2.05, 4.69) is 96.9 Å². The van der Waals surface area contributed by atoms with Crippen LogP contribution in [0.5, 0.6) is 0 Å². The normalized spacial score (nSPS) is 32.8. The van der Waals surface area contributed by atoms with Crippen LogP contribution in [0.15, 0.2) is 0 Å². The van der Waals surface area contributed by atoms with Gasteiger partial charge in [-0.2, -0.15) is 0 Å². The average Bonchev–Trinajstić information content (AvgIpc) is 1.72. The van der Waals surface area contributed by atoms with Gasteiger partial charge in [0.2, 0.25) is 6.29 Å². The predicted octanol–water partition coefficient (Wildman–Crippen LogP) is 22.7. The number of carbonyl (C=O) groups excluding carboxylic acids is 6. The molecule has 11 aliphatic carbocycles. The minimum absolute atomic E-state index is 0.0216. The van der Waals surface area contributed by atoms with Gasteiger partial charge in [0, 0.05) is 5.41 Å². The Kier molecular flexibility index (Phi) is 37.6. The molecule has 14 atom stereocenters. The Balaban J connectivity index is 0.000000211. The molecular formula is C95H168O18. The summed E-state index contributed by atoms with van der Waals surface area (Å²) in [6, 6.07) is 0. The van der Waals surface area contributed by atoms with E-state index in [1.807, 2.05) is 83.1 Å². The smallest absolute Gasteiger partial charge is 0.310 e. The summed E-state index contributed by atoms with van der Waals surface area (Å²) in [4.78, 5) is 69.9. The van der Waals surface area contributed by atoms with Crippen LogP contribution in [0.25, 0.3) is 0 Å². The summed E-state index contributed by atoms with van der Waals surface area (Å²) >= 11 is 0. The fourth-order valence-electron chi connectivity index (χ4n) is 22.3. The molecule has 0 aromatic heterocycles. The molecule has 0 radical (unpaired) electrons. The van der Waals surface area contributed by atoms with Crippen molar-refractivity contribution in [3.05, 3.63) is 0 Å². The van der Waals surface area contributed by atoms with E-state index in [0.29, 0.717) is 10.8 Å². The zero-order valence-electron chi connectivity index (χ0n) is 76.7. The van der Waals surface area contributed by atoms with Crippen LogP contribution in [-0.2, 0) is 85.6 Å². The van der Waals surface area contributed by atoms with Crippen molar-refractivity contribution in [1.82, 2.24) is 0 Å². The van der Waals surface area contributed by atoms with Crippen molar-refractivity contribution >= 4 is 35.8 Å². The number of carbonyl (C=O) groups is 6. The largest absolute Gasteiger partial charge is 0.438 e. The highest BCUT2D eigenvalue weighted by molar-refractivity contribution is 5.73. The summed E-state index contributed by atoms with van der Waals surface area (Å²) in [5.41, 5.74) is 1.84. The third kappa shape index (κ3) is 26.5. The minimum Gasteiger partial charge on any atom is -0.438 e. The van der Waals surface area contributed by atoms with Gasteiger partial charge < -0.3 is 56.8 Å². The maximum absolute atomic E-state index is 12.0. The van der Waals surface area contributed by atoms with Crippen molar-refractivity contribution in [2.45, 2.75) is 397 Å². The molecule has 1 saturated heterocycles. The van der Waals surface area contributed by atoms with Crippen LogP contribution in [0.4, 0.5) is 0 Å². The molecule has 0 aromatic rings. The van der Waals surface area contributed by atoms with Gasteiger partial charge >= 0.3 is 35.8 Å².